The molecule has 0 radical (unpaired) electrons. The molecule has 1 N–H and O–H groups in total. The third kappa shape index (κ3) is 2.07. The maximum absolute atomic E-state index is 10.6. The van der Waals surface area contributed by atoms with Gasteiger partial charge in [0.25, 0.3) is 0 Å². The highest BCUT2D eigenvalue weighted by Gasteiger charge is 2.23. The number of halogens is 2. The first-order valence-corrected chi connectivity index (χ1v) is 4.76. The molecule has 0 saturated carbocycles. The Kier molecular flexibility index (Phi) is 3.17. The molecule has 0 unspecified atom stereocenters. The van der Waals surface area contributed by atoms with E-state index in [9.17, 15) is 14.9 Å². The van der Waals surface area contributed by atoms with Crippen molar-refractivity contribution in [3.8, 4) is 0 Å². The Hall–Kier alpha value is -1.02. The van der Waals surface area contributed by atoms with Crippen LogP contribution in [0.5, 0.6) is 0 Å². The molecule has 0 fully saturated rings. The SMILES string of the molecule is O=C(O)c1nc(Br)c(Br)cc1[N+](=O)[O-]. The van der Waals surface area contributed by atoms with Crippen LogP contribution in [0.15, 0.2) is 15.1 Å². The van der Waals surface area contributed by atoms with Gasteiger partial charge in [-0.15, -0.1) is 0 Å². The zero-order valence-electron chi connectivity index (χ0n) is 6.40. The van der Waals surface area contributed by atoms with Gasteiger partial charge in [0, 0.05) is 6.07 Å². The maximum atomic E-state index is 10.6. The Labute approximate surface area is 94.4 Å². The van der Waals surface area contributed by atoms with Gasteiger partial charge in [-0.1, -0.05) is 0 Å². The third-order valence-corrected chi connectivity index (χ3v) is 3.05. The van der Waals surface area contributed by atoms with E-state index in [2.05, 4.69) is 36.8 Å². The molecule has 0 aliphatic carbocycles. The minimum atomic E-state index is -1.44. The summed E-state index contributed by atoms with van der Waals surface area (Å²) in [6.07, 6.45) is 0. The number of rotatable bonds is 2. The highest BCUT2D eigenvalue weighted by atomic mass is 79.9. The molecule has 1 aromatic heterocycles. The van der Waals surface area contributed by atoms with Crippen LogP contribution in [0, 0.1) is 10.1 Å². The van der Waals surface area contributed by atoms with E-state index in [1.807, 2.05) is 0 Å². The van der Waals surface area contributed by atoms with Crippen molar-refractivity contribution in [2.75, 3.05) is 0 Å². The molecule has 1 heterocycles. The van der Waals surface area contributed by atoms with Gasteiger partial charge >= 0.3 is 11.7 Å². The summed E-state index contributed by atoms with van der Waals surface area (Å²) in [7, 11) is 0. The number of aromatic carboxylic acids is 1. The fraction of sp³-hybridized carbons (Fsp3) is 0. The van der Waals surface area contributed by atoms with Gasteiger partial charge in [-0.25, -0.2) is 9.78 Å². The van der Waals surface area contributed by atoms with E-state index in [4.69, 9.17) is 5.11 Å². The fourth-order valence-corrected chi connectivity index (χ4v) is 1.35. The number of carboxylic acids is 1. The number of carboxylic acid groups (broad SMARTS) is 1. The first-order valence-electron chi connectivity index (χ1n) is 3.17. The van der Waals surface area contributed by atoms with Crippen molar-refractivity contribution >= 4 is 43.5 Å². The van der Waals surface area contributed by atoms with Crippen molar-refractivity contribution in [2.45, 2.75) is 0 Å². The van der Waals surface area contributed by atoms with Gasteiger partial charge in [0.1, 0.15) is 4.60 Å². The minimum absolute atomic E-state index is 0.209. The first-order chi connectivity index (χ1) is 6.43. The number of aromatic nitrogens is 1. The predicted octanol–water partition coefficient (Wildman–Crippen LogP) is 2.21. The van der Waals surface area contributed by atoms with Gasteiger partial charge in [-0.05, 0) is 31.9 Å². The lowest BCUT2D eigenvalue weighted by Crippen LogP contribution is -2.06. The van der Waals surface area contributed by atoms with E-state index in [1.165, 1.54) is 0 Å². The van der Waals surface area contributed by atoms with Gasteiger partial charge in [0.15, 0.2) is 0 Å². The summed E-state index contributed by atoms with van der Waals surface area (Å²) in [5.41, 5.74) is -1.14. The number of carbonyl (C=O) groups is 1. The maximum Gasteiger partial charge on any atom is 0.361 e. The Morgan fingerprint density at radius 2 is 2.14 bits per heavy atom. The van der Waals surface area contributed by atoms with E-state index >= 15 is 0 Å². The molecule has 8 heteroatoms. The molecule has 1 aromatic rings. The summed E-state index contributed by atoms with van der Waals surface area (Å²) >= 11 is 5.94. The van der Waals surface area contributed by atoms with E-state index in [0.717, 1.165) is 6.07 Å². The summed E-state index contributed by atoms with van der Waals surface area (Å²) in [6, 6.07) is 1.08. The molecule has 6 nitrogen and oxygen atoms in total. The van der Waals surface area contributed by atoms with Crippen molar-refractivity contribution in [2.24, 2.45) is 0 Å². The molecule has 0 spiro atoms. The number of nitro groups is 1. The van der Waals surface area contributed by atoms with E-state index in [1.54, 1.807) is 0 Å². The number of hydrogen-bond acceptors (Lipinski definition) is 4. The van der Waals surface area contributed by atoms with Gasteiger partial charge < -0.3 is 5.11 Å². The standard InChI is InChI=1S/C6H2Br2N2O4/c7-2-1-3(10(13)14)4(6(11)12)9-5(2)8/h1H,(H,11,12). The second kappa shape index (κ2) is 4.01. The van der Waals surface area contributed by atoms with Crippen molar-refractivity contribution < 1.29 is 14.8 Å². The van der Waals surface area contributed by atoms with E-state index < -0.39 is 22.3 Å². The lowest BCUT2D eigenvalue weighted by molar-refractivity contribution is -0.385. The molecule has 0 bridgehead atoms. The van der Waals surface area contributed by atoms with Crippen molar-refractivity contribution in [1.29, 1.82) is 0 Å². The van der Waals surface area contributed by atoms with Crippen LogP contribution in [-0.2, 0) is 0 Å². The molecular formula is C6H2Br2N2O4. The molecule has 1 rings (SSSR count). The second-order valence-corrected chi connectivity index (χ2v) is 3.80. The monoisotopic (exact) mass is 324 g/mol. The number of hydrogen-bond donors (Lipinski definition) is 1. The van der Waals surface area contributed by atoms with Gasteiger partial charge in [0.05, 0.1) is 9.40 Å². The highest BCUT2D eigenvalue weighted by molar-refractivity contribution is 9.13. The molecule has 14 heavy (non-hydrogen) atoms. The molecule has 74 valence electrons. The summed E-state index contributed by atoms with van der Waals surface area (Å²) in [4.78, 5) is 23.8. The Bertz CT molecular complexity index is 382. The second-order valence-electron chi connectivity index (χ2n) is 2.19. The lowest BCUT2D eigenvalue weighted by Gasteiger charge is -1.99. The topological polar surface area (TPSA) is 93.3 Å². The summed E-state index contributed by atoms with van der Waals surface area (Å²) in [6.45, 7) is 0. The number of nitrogens with zero attached hydrogens (tertiary/aromatic N) is 2. The molecule has 0 amide bonds. The Morgan fingerprint density at radius 1 is 1.57 bits per heavy atom. The number of pyridine rings is 1. The van der Waals surface area contributed by atoms with Crippen LogP contribution in [0.4, 0.5) is 5.69 Å². The van der Waals surface area contributed by atoms with Gasteiger partial charge in [0.2, 0.25) is 5.69 Å². The zero-order chi connectivity index (χ0) is 10.9. The van der Waals surface area contributed by atoms with Crippen LogP contribution in [0.1, 0.15) is 10.5 Å². The van der Waals surface area contributed by atoms with Crippen LogP contribution < -0.4 is 0 Å². The average molecular weight is 326 g/mol. The van der Waals surface area contributed by atoms with Crippen molar-refractivity contribution in [3.63, 3.8) is 0 Å². The fourth-order valence-electron chi connectivity index (χ4n) is 0.753. The van der Waals surface area contributed by atoms with Crippen molar-refractivity contribution in [1.82, 2.24) is 4.98 Å². The summed E-state index contributed by atoms with van der Waals surface area (Å²) in [5, 5.41) is 19.1. The van der Waals surface area contributed by atoms with Gasteiger partial charge in [-0.3, -0.25) is 10.1 Å². The third-order valence-electron chi connectivity index (χ3n) is 1.31. The molecule has 0 saturated heterocycles. The highest BCUT2D eigenvalue weighted by Crippen LogP contribution is 2.27. The molecule has 0 atom stereocenters. The van der Waals surface area contributed by atoms with Crippen LogP contribution in [0.2, 0.25) is 0 Å². The van der Waals surface area contributed by atoms with Crippen LogP contribution in [0.3, 0.4) is 0 Å². The quantitative estimate of drug-likeness (QED) is 0.511. The summed E-state index contributed by atoms with van der Waals surface area (Å²) < 4.78 is 0.537. The largest absolute Gasteiger partial charge is 0.476 e. The van der Waals surface area contributed by atoms with Gasteiger partial charge in [-0.2, -0.15) is 0 Å². The van der Waals surface area contributed by atoms with Crippen LogP contribution in [0.25, 0.3) is 0 Å². The Balaban J connectivity index is 3.46. The van der Waals surface area contributed by atoms with Crippen molar-refractivity contribution in [3.05, 3.63) is 31.0 Å². The first kappa shape index (κ1) is 11.1. The van der Waals surface area contributed by atoms with Crippen LogP contribution >= 0.6 is 31.9 Å². The Morgan fingerprint density at radius 3 is 2.57 bits per heavy atom. The summed E-state index contributed by atoms with van der Waals surface area (Å²) in [5.74, 6) is -1.44. The van der Waals surface area contributed by atoms with Crippen LogP contribution in [-0.4, -0.2) is 21.0 Å². The zero-order valence-corrected chi connectivity index (χ0v) is 9.57. The molecular weight excluding hydrogens is 324 g/mol. The molecule has 0 aromatic carbocycles. The smallest absolute Gasteiger partial charge is 0.361 e. The van der Waals surface area contributed by atoms with E-state index in [0.29, 0.717) is 4.47 Å². The molecule has 0 aliphatic heterocycles. The normalized spacial score (nSPS) is 9.86. The van der Waals surface area contributed by atoms with E-state index in [-0.39, 0.29) is 4.60 Å². The molecule has 0 aliphatic rings. The average Bonchev–Trinajstić information content (AvgIpc) is 2.08. The predicted molar refractivity (Wildman–Crippen MR) is 53.3 cm³/mol. The minimum Gasteiger partial charge on any atom is -0.476 e. The lowest BCUT2D eigenvalue weighted by atomic mass is 10.3.